The number of hydrazone groups is 1. The third-order valence-corrected chi connectivity index (χ3v) is 5.51. The van der Waals surface area contributed by atoms with Gasteiger partial charge in [0.05, 0.1) is 6.21 Å². The third kappa shape index (κ3) is 6.32. The van der Waals surface area contributed by atoms with Crippen molar-refractivity contribution in [3.63, 3.8) is 0 Å². The van der Waals surface area contributed by atoms with Crippen LogP contribution in [-0.2, 0) is 0 Å². The Balaban J connectivity index is 1.32. The molecule has 35 heavy (non-hydrogen) atoms. The fraction of sp³-hybridized carbons (Fsp3) is 0.185. The number of hydrogen-bond acceptors (Lipinski definition) is 8. The molecule has 2 N–H and O–H groups in total. The smallest absolute Gasteiger partial charge is 0.250 e. The summed E-state index contributed by atoms with van der Waals surface area (Å²) in [7, 11) is 0. The van der Waals surface area contributed by atoms with Crippen LogP contribution in [0.2, 0.25) is 0 Å². The van der Waals surface area contributed by atoms with Crippen molar-refractivity contribution in [2.24, 2.45) is 5.10 Å². The first kappa shape index (κ1) is 22.3. The molecule has 2 heterocycles. The molecule has 0 bridgehead atoms. The van der Waals surface area contributed by atoms with Gasteiger partial charge in [0, 0.05) is 18.8 Å². The number of para-hydroxylation sites is 2. The van der Waals surface area contributed by atoms with E-state index in [1.54, 1.807) is 6.21 Å². The molecule has 8 nitrogen and oxygen atoms in total. The lowest BCUT2D eigenvalue weighted by atomic mass is 10.1. The van der Waals surface area contributed by atoms with E-state index >= 15 is 0 Å². The molecule has 3 aromatic carbocycles. The van der Waals surface area contributed by atoms with Crippen LogP contribution in [0.25, 0.3) is 0 Å². The summed E-state index contributed by atoms with van der Waals surface area (Å²) in [5.41, 5.74) is 4.77. The lowest BCUT2D eigenvalue weighted by Crippen LogP contribution is -2.31. The zero-order chi connectivity index (χ0) is 23.7. The Bertz CT molecular complexity index is 1260. The molecule has 176 valence electrons. The number of ether oxygens (including phenoxy) is 1. The number of hydrogen-bond donors (Lipinski definition) is 2. The van der Waals surface area contributed by atoms with Crippen molar-refractivity contribution < 1.29 is 4.74 Å². The Morgan fingerprint density at radius 2 is 1.46 bits per heavy atom. The molecule has 0 unspecified atom stereocenters. The summed E-state index contributed by atoms with van der Waals surface area (Å²) in [6, 6.07) is 27.3. The van der Waals surface area contributed by atoms with Gasteiger partial charge in [0.15, 0.2) is 0 Å². The van der Waals surface area contributed by atoms with Gasteiger partial charge in [-0.2, -0.15) is 20.1 Å². The molecule has 5 rings (SSSR count). The van der Waals surface area contributed by atoms with Crippen LogP contribution in [0.1, 0.15) is 24.8 Å². The Kier molecular flexibility index (Phi) is 7.09. The molecule has 0 atom stereocenters. The van der Waals surface area contributed by atoms with Crippen LogP contribution in [0.5, 0.6) is 11.5 Å². The van der Waals surface area contributed by atoms with Crippen LogP contribution in [0.15, 0.2) is 90.0 Å². The average molecular weight is 466 g/mol. The summed E-state index contributed by atoms with van der Waals surface area (Å²) in [6.45, 7) is 1.87. The first-order chi connectivity index (χ1) is 17.3. The van der Waals surface area contributed by atoms with Crippen molar-refractivity contribution in [3.05, 3.63) is 90.5 Å². The lowest BCUT2D eigenvalue weighted by molar-refractivity contribution is 0.482. The molecule has 1 aliphatic heterocycles. The largest absolute Gasteiger partial charge is 0.457 e. The topological polar surface area (TPSA) is 87.6 Å². The Morgan fingerprint density at radius 3 is 2.26 bits per heavy atom. The number of piperidine rings is 1. The minimum absolute atomic E-state index is 0.381. The fourth-order valence-electron chi connectivity index (χ4n) is 3.80. The van der Waals surface area contributed by atoms with Crippen LogP contribution in [0.3, 0.4) is 0 Å². The normalized spacial score (nSPS) is 13.5. The summed E-state index contributed by atoms with van der Waals surface area (Å²) < 4.78 is 5.91. The van der Waals surface area contributed by atoms with Gasteiger partial charge in [0.2, 0.25) is 17.8 Å². The number of benzene rings is 3. The summed E-state index contributed by atoms with van der Waals surface area (Å²) in [4.78, 5) is 16.0. The van der Waals surface area contributed by atoms with E-state index in [0.29, 0.717) is 17.8 Å². The highest BCUT2D eigenvalue weighted by Gasteiger charge is 2.16. The zero-order valence-electron chi connectivity index (χ0n) is 19.3. The highest BCUT2D eigenvalue weighted by atomic mass is 16.5. The molecule has 1 aliphatic rings. The van der Waals surface area contributed by atoms with Gasteiger partial charge in [-0.15, -0.1) is 0 Å². The molecule has 0 radical (unpaired) electrons. The zero-order valence-corrected chi connectivity index (χ0v) is 19.3. The number of nitrogens with one attached hydrogen (secondary N) is 2. The number of nitrogens with zero attached hydrogens (tertiary/aromatic N) is 5. The number of anilines is 4. The van der Waals surface area contributed by atoms with Crippen LogP contribution in [0, 0.1) is 0 Å². The van der Waals surface area contributed by atoms with E-state index in [9.17, 15) is 0 Å². The van der Waals surface area contributed by atoms with Crippen LogP contribution >= 0.6 is 0 Å². The molecule has 8 heteroatoms. The monoisotopic (exact) mass is 465 g/mol. The predicted molar refractivity (Wildman–Crippen MR) is 140 cm³/mol. The van der Waals surface area contributed by atoms with Gasteiger partial charge in [-0.25, -0.2) is 5.43 Å². The third-order valence-electron chi connectivity index (χ3n) is 5.51. The van der Waals surface area contributed by atoms with E-state index in [0.717, 1.165) is 48.7 Å². The van der Waals surface area contributed by atoms with Crippen molar-refractivity contribution in [2.75, 3.05) is 28.7 Å². The van der Waals surface area contributed by atoms with Crippen molar-refractivity contribution in [2.45, 2.75) is 19.3 Å². The van der Waals surface area contributed by atoms with Crippen LogP contribution < -0.4 is 20.4 Å². The van der Waals surface area contributed by atoms with E-state index in [1.807, 2.05) is 84.9 Å². The van der Waals surface area contributed by atoms with Gasteiger partial charge in [-0.1, -0.05) is 48.5 Å². The highest BCUT2D eigenvalue weighted by molar-refractivity contribution is 5.80. The second-order valence-electron chi connectivity index (χ2n) is 8.18. The molecule has 4 aromatic rings. The fourth-order valence-corrected chi connectivity index (χ4v) is 3.80. The molecule has 0 spiro atoms. The number of rotatable bonds is 8. The van der Waals surface area contributed by atoms with Crippen molar-refractivity contribution in [3.8, 4) is 11.5 Å². The van der Waals surface area contributed by atoms with Gasteiger partial charge in [-0.05, 0) is 61.2 Å². The Hall–Kier alpha value is -4.46. The summed E-state index contributed by atoms with van der Waals surface area (Å²) in [6.07, 6.45) is 5.22. The Labute approximate surface area is 204 Å². The molecule has 1 saturated heterocycles. The van der Waals surface area contributed by atoms with Crippen molar-refractivity contribution in [1.29, 1.82) is 0 Å². The molecule has 1 aromatic heterocycles. The second kappa shape index (κ2) is 11.1. The first-order valence-corrected chi connectivity index (χ1v) is 11.8. The molecular formula is C27H27N7O. The van der Waals surface area contributed by atoms with Gasteiger partial charge in [0.25, 0.3) is 0 Å². The van der Waals surface area contributed by atoms with E-state index in [4.69, 9.17) is 4.74 Å². The standard InChI is InChI=1S/C27H27N7O/c1-4-12-22(13-5-1)29-25-30-26(32-27(31-25)34-17-8-3-9-18-34)33-28-20-21-11-10-16-24(19-21)35-23-14-6-2-7-15-23/h1-2,4-7,10-16,19-20H,3,8-9,17-18H2,(H2,29,30,31,32,33)/b28-20+. The highest BCUT2D eigenvalue weighted by Crippen LogP contribution is 2.22. The predicted octanol–water partition coefficient (Wildman–Crippen LogP) is 5.84. The van der Waals surface area contributed by atoms with Crippen LogP contribution in [0.4, 0.5) is 23.5 Å². The molecular weight excluding hydrogens is 438 g/mol. The summed E-state index contributed by atoms with van der Waals surface area (Å²) in [5.74, 6) is 3.03. The first-order valence-electron chi connectivity index (χ1n) is 11.8. The minimum Gasteiger partial charge on any atom is -0.457 e. The second-order valence-corrected chi connectivity index (χ2v) is 8.18. The van der Waals surface area contributed by atoms with E-state index in [2.05, 4.69) is 35.7 Å². The minimum atomic E-state index is 0.381. The number of aromatic nitrogens is 3. The maximum Gasteiger partial charge on any atom is 0.250 e. The quantitative estimate of drug-likeness (QED) is 0.249. The van der Waals surface area contributed by atoms with Gasteiger partial charge in [0.1, 0.15) is 11.5 Å². The van der Waals surface area contributed by atoms with E-state index in [1.165, 1.54) is 6.42 Å². The average Bonchev–Trinajstić information content (AvgIpc) is 2.91. The molecule has 0 saturated carbocycles. The van der Waals surface area contributed by atoms with Crippen molar-refractivity contribution >= 4 is 29.7 Å². The Morgan fingerprint density at radius 1 is 0.743 bits per heavy atom. The van der Waals surface area contributed by atoms with Gasteiger partial charge >= 0.3 is 0 Å². The molecule has 0 amide bonds. The molecule has 0 aliphatic carbocycles. The lowest BCUT2D eigenvalue weighted by Gasteiger charge is -2.26. The maximum absolute atomic E-state index is 5.91. The van der Waals surface area contributed by atoms with E-state index in [-0.39, 0.29) is 0 Å². The molecule has 1 fully saturated rings. The van der Waals surface area contributed by atoms with E-state index < -0.39 is 0 Å². The van der Waals surface area contributed by atoms with Gasteiger partial charge < -0.3 is 15.0 Å². The summed E-state index contributed by atoms with van der Waals surface area (Å²) >= 11 is 0. The van der Waals surface area contributed by atoms with Gasteiger partial charge in [-0.3, -0.25) is 0 Å². The van der Waals surface area contributed by atoms with Crippen LogP contribution in [-0.4, -0.2) is 34.3 Å². The van der Waals surface area contributed by atoms with Crippen molar-refractivity contribution in [1.82, 2.24) is 15.0 Å². The SMILES string of the molecule is C(=N\Nc1nc(Nc2ccccc2)nc(N2CCCCC2)n1)/c1cccc(Oc2ccccc2)c1. The maximum atomic E-state index is 5.91. The summed E-state index contributed by atoms with van der Waals surface area (Å²) in [5, 5.41) is 7.63.